The maximum Gasteiger partial charge on any atom is 0.251 e. The minimum Gasteiger partial charge on any atom is -0.385 e. The highest BCUT2D eigenvalue weighted by Gasteiger charge is 2.38. The second-order valence-electron chi connectivity index (χ2n) is 8.59. The molecule has 32 heavy (non-hydrogen) atoms. The molecule has 3 aromatic rings. The van der Waals surface area contributed by atoms with Crippen LogP contribution in [0.3, 0.4) is 0 Å². The highest BCUT2D eigenvalue weighted by atomic mass is 19.3. The molecule has 2 saturated heterocycles. The summed E-state index contributed by atoms with van der Waals surface area (Å²) in [7, 11) is 0. The van der Waals surface area contributed by atoms with Crippen molar-refractivity contribution in [3.05, 3.63) is 30.1 Å². The summed E-state index contributed by atoms with van der Waals surface area (Å²) in [5.41, 5.74) is 0.185. The molecule has 0 aromatic carbocycles. The maximum absolute atomic E-state index is 12.8. The van der Waals surface area contributed by atoms with E-state index >= 15 is 0 Å². The number of pyridine rings is 1. The Morgan fingerprint density at radius 2 is 2.09 bits per heavy atom. The number of H-pyrrole nitrogens is 1. The van der Waals surface area contributed by atoms with E-state index in [9.17, 15) is 13.9 Å². The third-order valence-electron chi connectivity index (χ3n) is 6.47. The number of aromatic nitrogens is 5. The first-order valence-corrected chi connectivity index (χ1v) is 10.9. The number of rotatable bonds is 5. The summed E-state index contributed by atoms with van der Waals surface area (Å²) in [6, 6.07) is 3.87. The summed E-state index contributed by atoms with van der Waals surface area (Å²) in [5.74, 6) is 1.34. The summed E-state index contributed by atoms with van der Waals surface area (Å²) < 4.78 is 32.9. The summed E-state index contributed by atoms with van der Waals surface area (Å²) in [5, 5.41) is 23.9. The Balaban J connectivity index is 1.58. The van der Waals surface area contributed by atoms with Gasteiger partial charge in [-0.25, -0.2) is 13.8 Å². The van der Waals surface area contributed by atoms with E-state index in [0.29, 0.717) is 57.2 Å². The highest BCUT2D eigenvalue weighted by molar-refractivity contribution is 5.83. The van der Waals surface area contributed by atoms with Gasteiger partial charge in [0.25, 0.3) is 6.43 Å². The summed E-state index contributed by atoms with van der Waals surface area (Å²) in [6.07, 6.45) is 1.76. The van der Waals surface area contributed by atoms with E-state index in [1.807, 2.05) is 6.07 Å². The topological polar surface area (TPSA) is 95.3 Å². The number of aliphatic hydroxyl groups is 1. The van der Waals surface area contributed by atoms with Gasteiger partial charge in [0.2, 0.25) is 0 Å². The largest absolute Gasteiger partial charge is 0.385 e. The normalized spacial score (nSPS) is 22.2. The SMILES string of the molecule is C[C@@H]1COCCN1c1cc(C2(O)CCN(CC(F)F)CC2)c2cnn(-c3cc[nH]n3)c2n1. The van der Waals surface area contributed by atoms with Crippen LogP contribution in [0.4, 0.5) is 14.6 Å². The number of ether oxygens (including phenoxy) is 1. The van der Waals surface area contributed by atoms with Gasteiger partial charge in [-0.15, -0.1) is 0 Å². The predicted molar refractivity (Wildman–Crippen MR) is 114 cm³/mol. The number of morpholine rings is 1. The molecule has 5 rings (SSSR count). The number of likely N-dealkylation sites (tertiary alicyclic amines) is 1. The third kappa shape index (κ3) is 3.84. The fraction of sp³-hybridized carbons (Fsp3) is 0.571. The van der Waals surface area contributed by atoms with Crippen LogP contribution >= 0.6 is 0 Å². The lowest BCUT2D eigenvalue weighted by molar-refractivity contribution is -0.0364. The molecule has 2 fully saturated rings. The van der Waals surface area contributed by atoms with Gasteiger partial charge in [-0.1, -0.05) is 0 Å². The van der Waals surface area contributed by atoms with Crippen LogP contribution in [0.2, 0.25) is 0 Å². The fourth-order valence-corrected chi connectivity index (χ4v) is 4.69. The van der Waals surface area contributed by atoms with Crippen molar-refractivity contribution in [2.24, 2.45) is 0 Å². The molecule has 0 bridgehead atoms. The molecular formula is C21H27F2N7O2. The molecule has 3 aromatic heterocycles. The molecular weight excluding hydrogens is 420 g/mol. The van der Waals surface area contributed by atoms with Crippen LogP contribution in [0, 0.1) is 0 Å². The summed E-state index contributed by atoms with van der Waals surface area (Å²) in [6.45, 7) is 4.51. The van der Waals surface area contributed by atoms with E-state index in [0.717, 1.165) is 16.8 Å². The van der Waals surface area contributed by atoms with E-state index in [2.05, 4.69) is 27.1 Å². The van der Waals surface area contributed by atoms with Crippen molar-refractivity contribution in [2.75, 3.05) is 44.3 Å². The van der Waals surface area contributed by atoms with Gasteiger partial charge in [-0.05, 0) is 31.4 Å². The van der Waals surface area contributed by atoms with Crippen molar-refractivity contribution in [1.29, 1.82) is 0 Å². The number of halogens is 2. The standard InChI is InChI=1S/C21H27F2N7O2/c1-14-13-32-9-8-29(14)19-10-16(21(31)3-6-28(7-4-21)12-17(22)23)15-11-25-30(20(15)26-19)18-2-5-24-27-18/h2,5,10-11,14,17,31H,3-4,6-9,12-13H2,1H3,(H,24,27)/t14-/m1/s1. The summed E-state index contributed by atoms with van der Waals surface area (Å²) >= 11 is 0. The summed E-state index contributed by atoms with van der Waals surface area (Å²) in [4.78, 5) is 8.78. The van der Waals surface area contributed by atoms with E-state index < -0.39 is 12.0 Å². The highest BCUT2D eigenvalue weighted by Crippen LogP contribution is 2.39. The van der Waals surface area contributed by atoms with Gasteiger partial charge in [0.15, 0.2) is 11.5 Å². The molecule has 0 amide bonds. The quantitative estimate of drug-likeness (QED) is 0.617. The van der Waals surface area contributed by atoms with Crippen molar-refractivity contribution in [3.8, 4) is 5.82 Å². The first kappa shape index (κ1) is 21.2. The number of fused-ring (bicyclic) bond motifs is 1. The van der Waals surface area contributed by atoms with Crippen LogP contribution in [0.25, 0.3) is 16.9 Å². The minimum absolute atomic E-state index is 0.130. The average Bonchev–Trinajstić information content (AvgIpc) is 3.44. The van der Waals surface area contributed by atoms with E-state index in [1.165, 1.54) is 0 Å². The second kappa shape index (κ2) is 8.38. The Morgan fingerprint density at radius 1 is 1.28 bits per heavy atom. The molecule has 1 atom stereocenters. The van der Waals surface area contributed by atoms with Gasteiger partial charge >= 0.3 is 0 Å². The lowest BCUT2D eigenvalue weighted by atomic mass is 9.83. The molecule has 9 nitrogen and oxygen atoms in total. The van der Waals surface area contributed by atoms with Crippen molar-refractivity contribution >= 4 is 16.9 Å². The van der Waals surface area contributed by atoms with Crippen molar-refractivity contribution < 1.29 is 18.6 Å². The molecule has 0 radical (unpaired) electrons. The molecule has 0 spiro atoms. The fourth-order valence-electron chi connectivity index (χ4n) is 4.69. The number of piperidine rings is 1. The Morgan fingerprint density at radius 3 is 2.78 bits per heavy atom. The molecule has 11 heteroatoms. The van der Waals surface area contributed by atoms with E-state index in [4.69, 9.17) is 9.72 Å². The first-order valence-electron chi connectivity index (χ1n) is 10.9. The number of anilines is 1. The smallest absolute Gasteiger partial charge is 0.251 e. The molecule has 2 N–H and O–H groups in total. The molecule has 0 aliphatic carbocycles. The zero-order chi connectivity index (χ0) is 22.3. The Bertz CT molecular complexity index is 1060. The van der Waals surface area contributed by atoms with Gasteiger partial charge < -0.3 is 14.7 Å². The first-order chi connectivity index (χ1) is 15.4. The second-order valence-corrected chi connectivity index (χ2v) is 8.59. The predicted octanol–water partition coefficient (Wildman–Crippen LogP) is 1.92. The third-order valence-corrected chi connectivity index (χ3v) is 6.47. The van der Waals surface area contributed by atoms with Gasteiger partial charge in [0, 0.05) is 37.3 Å². The van der Waals surface area contributed by atoms with Crippen LogP contribution in [0.15, 0.2) is 24.5 Å². The van der Waals surface area contributed by atoms with E-state index in [-0.39, 0.29) is 12.6 Å². The van der Waals surface area contributed by atoms with Crippen LogP contribution in [0.1, 0.15) is 25.3 Å². The number of alkyl halides is 2. The molecule has 2 aliphatic rings. The van der Waals surface area contributed by atoms with Gasteiger partial charge in [0.05, 0.1) is 37.6 Å². The van der Waals surface area contributed by atoms with Crippen molar-refractivity contribution in [2.45, 2.75) is 37.8 Å². The monoisotopic (exact) mass is 447 g/mol. The number of nitrogens with one attached hydrogen (secondary N) is 1. The number of hydrogen-bond acceptors (Lipinski definition) is 7. The molecule has 5 heterocycles. The molecule has 0 unspecified atom stereocenters. The average molecular weight is 447 g/mol. The Kier molecular flexibility index (Phi) is 5.56. The maximum atomic E-state index is 12.8. The van der Waals surface area contributed by atoms with Crippen LogP contribution < -0.4 is 4.90 Å². The number of aromatic amines is 1. The van der Waals surface area contributed by atoms with Crippen molar-refractivity contribution in [1.82, 2.24) is 29.9 Å². The van der Waals surface area contributed by atoms with E-state index in [1.54, 1.807) is 28.0 Å². The number of nitrogens with zero attached hydrogens (tertiary/aromatic N) is 6. The lowest BCUT2D eigenvalue weighted by Gasteiger charge is -2.39. The lowest BCUT2D eigenvalue weighted by Crippen LogP contribution is -2.45. The van der Waals surface area contributed by atoms with Gasteiger partial charge in [-0.2, -0.15) is 14.9 Å². The molecule has 0 saturated carbocycles. The van der Waals surface area contributed by atoms with Gasteiger partial charge in [-0.3, -0.25) is 10.00 Å². The van der Waals surface area contributed by atoms with Crippen molar-refractivity contribution in [3.63, 3.8) is 0 Å². The minimum atomic E-state index is -2.38. The molecule has 172 valence electrons. The Labute approximate surface area is 184 Å². The van der Waals surface area contributed by atoms with Crippen LogP contribution in [-0.4, -0.2) is 86.8 Å². The zero-order valence-corrected chi connectivity index (χ0v) is 17.9. The number of hydrogen-bond donors (Lipinski definition) is 2. The van der Waals surface area contributed by atoms with Crippen LogP contribution in [-0.2, 0) is 10.3 Å². The Hall–Kier alpha value is -2.63. The van der Waals surface area contributed by atoms with Crippen LogP contribution in [0.5, 0.6) is 0 Å². The molecule has 2 aliphatic heterocycles. The zero-order valence-electron chi connectivity index (χ0n) is 17.9. The van der Waals surface area contributed by atoms with Gasteiger partial charge in [0.1, 0.15) is 5.82 Å².